The number of amides is 3. The summed E-state index contributed by atoms with van der Waals surface area (Å²) < 4.78 is 15.5. The van der Waals surface area contributed by atoms with Crippen LogP contribution in [0, 0.1) is 0 Å². The first-order valence-electron chi connectivity index (χ1n) is 10.5. The summed E-state index contributed by atoms with van der Waals surface area (Å²) in [5, 5.41) is 2.12. The largest absolute Gasteiger partial charge is 0.493 e. The molecule has 0 saturated carbocycles. The topological polar surface area (TPSA) is 111 Å². The average Bonchev–Trinajstić information content (AvgIpc) is 3.11. The summed E-state index contributed by atoms with van der Waals surface area (Å²) >= 11 is 6.71. The fraction of sp³-hybridized carbons (Fsp3) is 0.200. The van der Waals surface area contributed by atoms with Crippen LogP contribution >= 0.6 is 23.4 Å². The second-order valence-electron chi connectivity index (χ2n) is 7.41. The van der Waals surface area contributed by atoms with E-state index in [4.69, 9.17) is 21.1 Å². The van der Waals surface area contributed by atoms with Crippen molar-refractivity contribution < 1.29 is 33.4 Å². The number of ether oxygens (including phenoxy) is 3. The van der Waals surface area contributed by atoms with Gasteiger partial charge in [-0.15, -0.1) is 6.58 Å². The molecule has 3 amide bonds. The fourth-order valence-corrected chi connectivity index (χ4v) is 4.49. The minimum absolute atomic E-state index is 0.0665. The maximum Gasteiger partial charge on any atom is 0.339 e. The van der Waals surface area contributed by atoms with E-state index in [1.54, 1.807) is 18.2 Å². The first kappa shape index (κ1) is 26.8. The molecule has 11 heteroatoms. The summed E-state index contributed by atoms with van der Waals surface area (Å²) in [5.74, 6) is -0.880. The summed E-state index contributed by atoms with van der Waals surface area (Å²) in [4.78, 5) is 50.8. The molecule has 0 spiro atoms. The Balaban J connectivity index is 1.78. The molecule has 9 nitrogen and oxygen atoms in total. The summed E-state index contributed by atoms with van der Waals surface area (Å²) in [7, 11) is 4.24. The highest BCUT2D eigenvalue weighted by atomic mass is 35.5. The molecule has 1 aliphatic rings. The van der Waals surface area contributed by atoms with E-state index in [9.17, 15) is 19.2 Å². The Kier molecular flexibility index (Phi) is 8.78. The van der Waals surface area contributed by atoms with Gasteiger partial charge in [0, 0.05) is 11.3 Å². The zero-order chi connectivity index (χ0) is 26.4. The molecule has 1 aliphatic heterocycles. The standard InChI is InChI=1S/C25H23ClN2O7S/c1-5-6-15-9-14(10-19(33-2)22(15)34-3)11-20-23(30)28(25(32)36-20)13-21(29)27-16-7-8-18(26)17(12-16)24(31)35-4/h5,7-12H,1,6,13H2,2-4H3,(H,27,29)/b20-11-. The van der Waals surface area contributed by atoms with E-state index in [0.29, 0.717) is 23.5 Å². The van der Waals surface area contributed by atoms with Crippen LogP contribution in [0.3, 0.4) is 0 Å². The van der Waals surface area contributed by atoms with Crippen molar-refractivity contribution in [2.75, 3.05) is 33.2 Å². The van der Waals surface area contributed by atoms with Crippen molar-refractivity contribution in [3.05, 3.63) is 69.6 Å². The smallest absolute Gasteiger partial charge is 0.339 e. The van der Waals surface area contributed by atoms with E-state index >= 15 is 0 Å². The molecule has 1 fully saturated rings. The number of allylic oxidation sites excluding steroid dienone is 1. The van der Waals surface area contributed by atoms with Gasteiger partial charge >= 0.3 is 5.97 Å². The molecule has 1 saturated heterocycles. The van der Waals surface area contributed by atoms with Gasteiger partial charge in [0.25, 0.3) is 11.1 Å². The van der Waals surface area contributed by atoms with Crippen molar-refractivity contribution in [3.63, 3.8) is 0 Å². The fourth-order valence-electron chi connectivity index (χ4n) is 3.46. The van der Waals surface area contributed by atoms with Gasteiger partial charge in [-0.2, -0.15) is 0 Å². The van der Waals surface area contributed by atoms with Crippen molar-refractivity contribution in [2.24, 2.45) is 0 Å². The lowest BCUT2D eigenvalue weighted by molar-refractivity contribution is -0.127. The second kappa shape index (κ2) is 11.8. The summed E-state index contributed by atoms with van der Waals surface area (Å²) in [6.45, 7) is 3.23. The number of carbonyl (C=O) groups excluding carboxylic acids is 4. The number of hydrogen-bond acceptors (Lipinski definition) is 8. The second-order valence-corrected chi connectivity index (χ2v) is 8.81. The van der Waals surface area contributed by atoms with Crippen molar-refractivity contribution in [1.29, 1.82) is 0 Å². The molecule has 0 bridgehead atoms. The molecule has 0 atom stereocenters. The van der Waals surface area contributed by atoms with Gasteiger partial charge in [0.1, 0.15) is 6.54 Å². The third-order valence-electron chi connectivity index (χ3n) is 5.07. The normalized spacial score (nSPS) is 14.1. The number of anilines is 1. The van der Waals surface area contributed by atoms with Gasteiger partial charge in [-0.05, 0) is 60.2 Å². The Morgan fingerprint density at radius 3 is 2.53 bits per heavy atom. The predicted octanol–water partition coefficient (Wildman–Crippen LogP) is 4.55. The van der Waals surface area contributed by atoms with E-state index < -0.39 is 29.6 Å². The Morgan fingerprint density at radius 1 is 1.14 bits per heavy atom. The number of hydrogen-bond donors (Lipinski definition) is 1. The molecule has 188 valence electrons. The highest BCUT2D eigenvalue weighted by molar-refractivity contribution is 8.18. The number of rotatable bonds is 9. The number of thioether (sulfide) groups is 1. The number of carbonyl (C=O) groups is 4. The van der Waals surface area contributed by atoms with Gasteiger partial charge in [0.2, 0.25) is 5.91 Å². The Hall–Kier alpha value is -3.76. The van der Waals surface area contributed by atoms with Gasteiger partial charge in [0.15, 0.2) is 11.5 Å². The minimum atomic E-state index is -0.668. The maximum atomic E-state index is 12.9. The highest BCUT2D eigenvalue weighted by Crippen LogP contribution is 2.37. The lowest BCUT2D eigenvalue weighted by Crippen LogP contribution is -2.36. The van der Waals surface area contributed by atoms with Crippen LogP contribution in [-0.2, 0) is 20.7 Å². The predicted molar refractivity (Wildman–Crippen MR) is 138 cm³/mol. The lowest BCUT2D eigenvalue weighted by Gasteiger charge is -2.14. The van der Waals surface area contributed by atoms with Crippen LogP contribution in [0.1, 0.15) is 21.5 Å². The van der Waals surface area contributed by atoms with Crippen LogP contribution in [0.15, 0.2) is 47.9 Å². The molecule has 1 heterocycles. The van der Waals surface area contributed by atoms with Gasteiger partial charge in [-0.1, -0.05) is 17.7 Å². The van der Waals surface area contributed by atoms with Crippen LogP contribution < -0.4 is 14.8 Å². The summed E-state index contributed by atoms with van der Waals surface area (Å²) in [6.07, 6.45) is 3.77. The van der Waals surface area contributed by atoms with E-state index in [-0.39, 0.29) is 21.2 Å². The van der Waals surface area contributed by atoms with E-state index in [2.05, 4.69) is 16.6 Å². The molecule has 2 aromatic rings. The average molecular weight is 531 g/mol. The molecule has 0 radical (unpaired) electrons. The highest BCUT2D eigenvalue weighted by Gasteiger charge is 2.36. The molecule has 0 aliphatic carbocycles. The molecule has 36 heavy (non-hydrogen) atoms. The monoisotopic (exact) mass is 530 g/mol. The Labute approximate surface area is 217 Å². The van der Waals surface area contributed by atoms with Gasteiger partial charge in [-0.25, -0.2) is 4.79 Å². The van der Waals surface area contributed by atoms with Gasteiger partial charge in [0.05, 0.1) is 36.8 Å². The lowest BCUT2D eigenvalue weighted by atomic mass is 10.0. The number of esters is 1. The van der Waals surface area contributed by atoms with Crippen LogP contribution in [0.25, 0.3) is 6.08 Å². The van der Waals surface area contributed by atoms with E-state index in [1.807, 2.05) is 6.07 Å². The number of methoxy groups -OCH3 is 3. The summed E-state index contributed by atoms with van der Waals surface area (Å²) in [6, 6.07) is 7.75. The Bertz CT molecular complexity index is 1280. The van der Waals surface area contributed by atoms with Crippen LogP contribution in [0.2, 0.25) is 5.02 Å². The van der Waals surface area contributed by atoms with Crippen molar-refractivity contribution in [2.45, 2.75) is 6.42 Å². The third-order valence-corrected chi connectivity index (χ3v) is 6.31. The zero-order valence-electron chi connectivity index (χ0n) is 19.8. The minimum Gasteiger partial charge on any atom is -0.493 e. The number of benzene rings is 2. The zero-order valence-corrected chi connectivity index (χ0v) is 21.3. The summed E-state index contributed by atoms with van der Waals surface area (Å²) in [5.41, 5.74) is 1.74. The first-order chi connectivity index (χ1) is 17.2. The number of nitrogens with zero attached hydrogens (tertiary/aromatic N) is 1. The first-order valence-corrected chi connectivity index (χ1v) is 11.7. The number of halogens is 1. The quantitative estimate of drug-likeness (QED) is 0.285. The maximum absolute atomic E-state index is 12.9. The van der Waals surface area contributed by atoms with Crippen molar-refractivity contribution in [1.82, 2.24) is 4.90 Å². The van der Waals surface area contributed by atoms with E-state index in [1.165, 1.54) is 39.5 Å². The van der Waals surface area contributed by atoms with E-state index in [0.717, 1.165) is 22.2 Å². The number of imide groups is 1. The van der Waals surface area contributed by atoms with Crippen molar-refractivity contribution >= 4 is 58.1 Å². The molecular formula is C25H23ClN2O7S. The Morgan fingerprint density at radius 2 is 1.89 bits per heavy atom. The molecular weight excluding hydrogens is 508 g/mol. The SMILES string of the molecule is C=CCc1cc(/C=C2\SC(=O)N(CC(=O)Nc3ccc(Cl)c(C(=O)OC)c3)C2=O)cc(OC)c1OC. The molecule has 0 aromatic heterocycles. The molecule has 3 rings (SSSR count). The van der Waals surface area contributed by atoms with Crippen LogP contribution in [0.5, 0.6) is 11.5 Å². The van der Waals surface area contributed by atoms with Crippen LogP contribution in [-0.4, -0.2) is 55.8 Å². The van der Waals surface area contributed by atoms with Gasteiger partial charge in [-0.3, -0.25) is 19.3 Å². The molecule has 2 aromatic carbocycles. The van der Waals surface area contributed by atoms with Crippen molar-refractivity contribution in [3.8, 4) is 11.5 Å². The van der Waals surface area contributed by atoms with Gasteiger partial charge < -0.3 is 19.5 Å². The number of nitrogens with one attached hydrogen (secondary N) is 1. The van der Waals surface area contributed by atoms with Crippen LogP contribution in [0.4, 0.5) is 10.5 Å². The molecule has 0 unspecified atom stereocenters. The third kappa shape index (κ3) is 5.89. The molecule has 1 N–H and O–H groups in total.